The minimum atomic E-state index is 0.653. The Balaban J connectivity index is 2.23. The van der Waals surface area contributed by atoms with Crippen molar-refractivity contribution < 1.29 is 4.63 Å². The molecule has 3 aromatic heterocycles. The number of rotatable bonds is 1. The second kappa shape index (κ2) is 3.31. The van der Waals surface area contributed by atoms with E-state index in [1.165, 1.54) is 0 Å². The van der Waals surface area contributed by atoms with E-state index in [4.69, 9.17) is 11.6 Å². The Hall–Kier alpha value is -1.88. The van der Waals surface area contributed by atoms with E-state index in [-0.39, 0.29) is 0 Å². The summed E-state index contributed by atoms with van der Waals surface area (Å²) in [7, 11) is 0. The Labute approximate surface area is 95.6 Å². The largest absolute Gasteiger partial charge is 0.305 e. The molecule has 3 rings (SSSR count). The Kier molecular flexibility index (Phi) is 1.94. The molecule has 0 aromatic carbocycles. The van der Waals surface area contributed by atoms with Crippen LogP contribution in [-0.4, -0.2) is 19.7 Å². The Morgan fingerprint density at radius 2 is 2.12 bits per heavy atom. The predicted molar refractivity (Wildman–Crippen MR) is 58.2 cm³/mol. The summed E-state index contributed by atoms with van der Waals surface area (Å²) in [4.78, 5) is 4.40. The molecule has 16 heavy (non-hydrogen) atoms. The molecule has 0 atom stereocenters. The molecule has 5 nitrogen and oxygen atoms in total. The lowest BCUT2D eigenvalue weighted by atomic mass is 10.3. The maximum atomic E-state index is 5.89. The molecule has 0 unspecified atom stereocenters. The zero-order valence-electron chi connectivity index (χ0n) is 8.38. The summed E-state index contributed by atoms with van der Waals surface area (Å²) in [5.74, 6) is 0. The zero-order chi connectivity index (χ0) is 11.1. The van der Waals surface area contributed by atoms with Crippen LogP contribution in [0.2, 0.25) is 5.02 Å². The third-order valence-electron chi connectivity index (χ3n) is 2.31. The monoisotopic (exact) mass is 234 g/mol. The van der Waals surface area contributed by atoms with E-state index in [0.29, 0.717) is 10.7 Å². The number of hydrogen-bond acceptors (Lipinski definition) is 4. The van der Waals surface area contributed by atoms with Crippen LogP contribution in [-0.2, 0) is 0 Å². The molecule has 0 saturated heterocycles. The van der Waals surface area contributed by atoms with Crippen molar-refractivity contribution in [2.45, 2.75) is 6.92 Å². The smallest absolute Gasteiger partial charge is 0.157 e. The molecule has 6 heteroatoms. The number of aryl methyl sites for hydroxylation is 1. The van der Waals surface area contributed by atoms with E-state index >= 15 is 0 Å². The lowest BCUT2D eigenvalue weighted by Gasteiger charge is -1.91. The van der Waals surface area contributed by atoms with Gasteiger partial charge in [0.1, 0.15) is 17.0 Å². The van der Waals surface area contributed by atoms with Gasteiger partial charge in [-0.3, -0.25) is 0 Å². The summed E-state index contributed by atoms with van der Waals surface area (Å²) in [6.45, 7) is 1.82. The summed E-state index contributed by atoms with van der Waals surface area (Å²) in [5, 5.41) is 8.19. The number of halogens is 1. The summed E-state index contributed by atoms with van der Waals surface area (Å²) in [6, 6.07) is 3.64. The first-order valence-electron chi connectivity index (χ1n) is 4.68. The fourth-order valence-corrected chi connectivity index (χ4v) is 1.71. The van der Waals surface area contributed by atoms with E-state index in [1.54, 1.807) is 12.3 Å². The van der Waals surface area contributed by atoms with Gasteiger partial charge in [-0.25, -0.2) is 9.61 Å². The van der Waals surface area contributed by atoms with Gasteiger partial charge in [0.05, 0.1) is 5.02 Å². The highest BCUT2D eigenvalue weighted by atomic mass is 35.5. The van der Waals surface area contributed by atoms with Crippen molar-refractivity contribution in [3.63, 3.8) is 0 Å². The van der Waals surface area contributed by atoms with Gasteiger partial charge in [0.15, 0.2) is 5.69 Å². The van der Waals surface area contributed by atoms with Crippen LogP contribution in [0.5, 0.6) is 0 Å². The molecule has 0 saturated carbocycles. The van der Waals surface area contributed by atoms with Crippen molar-refractivity contribution in [3.05, 3.63) is 35.2 Å². The van der Waals surface area contributed by atoms with Crippen molar-refractivity contribution in [2.24, 2.45) is 0 Å². The van der Waals surface area contributed by atoms with Gasteiger partial charge in [-0.2, -0.15) is 0 Å². The molecule has 0 radical (unpaired) electrons. The number of nitrogens with zero attached hydrogens (tertiary/aromatic N) is 4. The van der Waals surface area contributed by atoms with Crippen LogP contribution >= 0.6 is 11.6 Å². The molecule has 0 N–H and O–H groups in total. The maximum absolute atomic E-state index is 5.89. The molecule has 3 aromatic rings. The average molecular weight is 235 g/mol. The molecule has 80 valence electrons. The van der Waals surface area contributed by atoms with Crippen molar-refractivity contribution in [1.82, 2.24) is 19.7 Å². The molecule has 0 aliphatic carbocycles. The number of pyridine rings is 1. The lowest BCUT2D eigenvalue weighted by molar-refractivity contribution is 0.306. The van der Waals surface area contributed by atoms with Crippen LogP contribution in [0.3, 0.4) is 0 Å². The minimum Gasteiger partial charge on any atom is -0.305 e. The highest BCUT2D eigenvalue weighted by Gasteiger charge is 2.12. The normalized spacial score (nSPS) is 11.1. The van der Waals surface area contributed by atoms with Crippen LogP contribution < -0.4 is 0 Å². The first-order valence-corrected chi connectivity index (χ1v) is 5.05. The third kappa shape index (κ3) is 1.37. The highest BCUT2D eigenvalue weighted by molar-refractivity contribution is 6.30. The lowest BCUT2D eigenvalue weighted by Crippen LogP contribution is -1.80. The number of imidazole rings is 1. The van der Waals surface area contributed by atoms with Gasteiger partial charge in [0, 0.05) is 12.4 Å². The second-order valence-corrected chi connectivity index (χ2v) is 3.87. The third-order valence-corrected chi connectivity index (χ3v) is 2.53. The molecule has 0 aliphatic heterocycles. The van der Waals surface area contributed by atoms with Gasteiger partial charge in [0.2, 0.25) is 0 Å². The number of hydrogen-bond donors (Lipinski definition) is 0. The van der Waals surface area contributed by atoms with Gasteiger partial charge in [-0.1, -0.05) is 16.8 Å². The van der Waals surface area contributed by atoms with Crippen LogP contribution in [0.15, 0.2) is 29.2 Å². The quantitative estimate of drug-likeness (QED) is 0.649. The zero-order valence-corrected chi connectivity index (χ0v) is 9.14. The Bertz CT molecular complexity index is 658. The van der Waals surface area contributed by atoms with Gasteiger partial charge in [-0.15, -0.1) is 0 Å². The maximum Gasteiger partial charge on any atom is 0.157 e. The molecule has 3 heterocycles. The van der Waals surface area contributed by atoms with Crippen LogP contribution in [0.1, 0.15) is 5.69 Å². The molecular formula is C10H7ClN4O. The summed E-state index contributed by atoms with van der Waals surface area (Å²) in [6.07, 6.45) is 3.63. The molecule has 0 aliphatic rings. The first-order chi connectivity index (χ1) is 7.74. The Morgan fingerprint density at radius 1 is 1.25 bits per heavy atom. The summed E-state index contributed by atoms with van der Waals surface area (Å²) < 4.78 is 6.48. The van der Waals surface area contributed by atoms with Crippen molar-refractivity contribution in [1.29, 1.82) is 0 Å². The fraction of sp³-hybridized carbons (Fsp3) is 0.100. The summed E-state index contributed by atoms with van der Waals surface area (Å²) >= 11 is 5.89. The minimum absolute atomic E-state index is 0.653. The SMILES string of the molecule is Cc1nonc1-c1cn2cc(Cl)ccc2n1. The van der Waals surface area contributed by atoms with Crippen molar-refractivity contribution >= 4 is 17.2 Å². The fourth-order valence-electron chi connectivity index (χ4n) is 1.54. The Morgan fingerprint density at radius 3 is 2.88 bits per heavy atom. The van der Waals surface area contributed by atoms with Gasteiger partial charge < -0.3 is 4.40 Å². The predicted octanol–water partition coefficient (Wildman–Crippen LogP) is 2.35. The molecule has 0 bridgehead atoms. The number of fused-ring (bicyclic) bond motifs is 1. The molecular weight excluding hydrogens is 228 g/mol. The topological polar surface area (TPSA) is 56.2 Å². The van der Waals surface area contributed by atoms with Crippen LogP contribution in [0.4, 0.5) is 0 Å². The van der Waals surface area contributed by atoms with Crippen molar-refractivity contribution in [3.8, 4) is 11.4 Å². The van der Waals surface area contributed by atoms with E-state index in [1.807, 2.05) is 23.6 Å². The second-order valence-electron chi connectivity index (χ2n) is 3.44. The number of aromatic nitrogens is 4. The molecule has 0 fully saturated rings. The summed E-state index contributed by atoms with van der Waals surface area (Å²) in [5.41, 5.74) is 2.90. The van der Waals surface area contributed by atoms with E-state index in [0.717, 1.165) is 17.0 Å². The highest BCUT2D eigenvalue weighted by Crippen LogP contribution is 2.20. The van der Waals surface area contributed by atoms with E-state index < -0.39 is 0 Å². The van der Waals surface area contributed by atoms with E-state index in [9.17, 15) is 0 Å². The standard InChI is InChI=1S/C10H7ClN4O/c1-6-10(14-16-13-6)8-5-15-4-7(11)2-3-9(15)12-8/h2-5H,1H3. The van der Waals surface area contributed by atoms with Gasteiger partial charge in [-0.05, 0) is 24.2 Å². The van der Waals surface area contributed by atoms with Crippen molar-refractivity contribution in [2.75, 3.05) is 0 Å². The average Bonchev–Trinajstić information content (AvgIpc) is 2.82. The first kappa shape index (κ1) is 9.35. The van der Waals surface area contributed by atoms with Crippen LogP contribution in [0, 0.1) is 6.92 Å². The molecule has 0 amide bonds. The van der Waals surface area contributed by atoms with Gasteiger partial charge in [0.25, 0.3) is 0 Å². The molecule has 0 spiro atoms. The van der Waals surface area contributed by atoms with Crippen LogP contribution in [0.25, 0.3) is 17.0 Å². The van der Waals surface area contributed by atoms with E-state index in [2.05, 4.69) is 19.9 Å². The van der Waals surface area contributed by atoms with Gasteiger partial charge >= 0.3 is 0 Å².